The van der Waals surface area contributed by atoms with Gasteiger partial charge in [-0.05, 0) is 55.7 Å². The highest BCUT2D eigenvalue weighted by atomic mass is 16.4. The van der Waals surface area contributed by atoms with E-state index in [2.05, 4.69) is 10.6 Å². The zero-order chi connectivity index (χ0) is 20.1. The van der Waals surface area contributed by atoms with Crippen LogP contribution in [0.4, 0.5) is 11.4 Å². The first kappa shape index (κ1) is 19.6. The third-order valence-corrected chi connectivity index (χ3v) is 5.20. The van der Waals surface area contributed by atoms with E-state index >= 15 is 0 Å². The number of anilines is 2. The monoisotopic (exact) mass is 380 g/mol. The summed E-state index contributed by atoms with van der Waals surface area (Å²) in [6.45, 7) is 1.84. The molecule has 146 valence electrons. The van der Waals surface area contributed by atoms with Gasteiger partial charge < -0.3 is 15.7 Å². The fourth-order valence-corrected chi connectivity index (χ4v) is 3.64. The van der Waals surface area contributed by atoms with Crippen molar-refractivity contribution in [3.05, 3.63) is 59.7 Å². The molecule has 0 saturated heterocycles. The number of carboxylic acids is 1. The van der Waals surface area contributed by atoms with Crippen LogP contribution in [0.3, 0.4) is 0 Å². The average Bonchev–Trinajstić information content (AvgIpc) is 2.70. The lowest BCUT2D eigenvalue weighted by Gasteiger charge is -2.27. The SMILES string of the molecule is Cc1cc(NC(=O)[C@@H]2CCCC[C@H]2C(=O)O)ccc1NC(=O)c1ccccc1. The molecule has 1 aliphatic rings. The molecule has 0 spiro atoms. The van der Waals surface area contributed by atoms with Gasteiger partial charge in [-0.1, -0.05) is 31.0 Å². The fourth-order valence-electron chi connectivity index (χ4n) is 3.64. The quantitative estimate of drug-likeness (QED) is 0.728. The summed E-state index contributed by atoms with van der Waals surface area (Å²) in [5, 5.41) is 15.1. The van der Waals surface area contributed by atoms with Crippen molar-refractivity contribution in [2.24, 2.45) is 11.8 Å². The summed E-state index contributed by atoms with van der Waals surface area (Å²) >= 11 is 0. The van der Waals surface area contributed by atoms with E-state index in [1.807, 2.05) is 13.0 Å². The van der Waals surface area contributed by atoms with Crippen molar-refractivity contribution in [1.82, 2.24) is 0 Å². The van der Waals surface area contributed by atoms with Gasteiger partial charge in [0, 0.05) is 16.9 Å². The summed E-state index contributed by atoms with van der Waals surface area (Å²) in [7, 11) is 0. The first-order chi connectivity index (χ1) is 13.5. The van der Waals surface area contributed by atoms with Crippen molar-refractivity contribution in [3.63, 3.8) is 0 Å². The number of hydrogen-bond donors (Lipinski definition) is 3. The van der Waals surface area contributed by atoms with Crippen molar-refractivity contribution >= 4 is 29.2 Å². The summed E-state index contributed by atoms with van der Waals surface area (Å²) in [5.74, 6) is -2.50. The molecule has 1 saturated carbocycles. The Kier molecular flexibility index (Phi) is 6.09. The van der Waals surface area contributed by atoms with Gasteiger partial charge in [0.15, 0.2) is 0 Å². The number of carbonyl (C=O) groups is 3. The Balaban J connectivity index is 1.67. The molecule has 0 heterocycles. The Labute approximate surface area is 164 Å². The standard InChI is InChI=1S/C22H24N2O4/c1-14-13-16(23-21(26)17-9-5-6-10-18(17)22(27)28)11-12-19(14)24-20(25)15-7-3-2-4-8-15/h2-4,7-8,11-13,17-18H,5-6,9-10H2,1H3,(H,23,26)(H,24,25)(H,27,28)/t17-,18-/m1/s1. The average molecular weight is 380 g/mol. The molecule has 3 N–H and O–H groups in total. The smallest absolute Gasteiger partial charge is 0.307 e. The molecule has 1 aliphatic carbocycles. The zero-order valence-corrected chi connectivity index (χ0v) is 15.8. The number of aliphatic carboxylic acids is 1. The van der Waals surface area contributed by atoms with Crippen LogP contribution in [0, 0.1) is 18.8 Å². The van der Waals surface area contributed by atoms with Crippen LogP contribution >= 0.6 is 0 Å². The highest BCUT2D eigenvalue weighted by Crippen LogP contribution is 2.31. The molecular formula is C22H24N2O4. The van der Waals surface area contributed by atoms with Gasteiger partial charge in [0.1, 0.15) is 0 Å². The van der Waals surface area contributed by atoms with Gasteiger partial charge in [0.05, 0.1) is 11.8 Å². The minimum Gasteiger partial charge on any atom is -0.481 e. The Hall–Kier alpha value is -3.15. The molecule has 0 aliphatic heterocycles. The molecule has 2 aromatic rings. The topological polar surface area (TPSA) is 95.5 Å². The van der Waals surface area contributed by atoms with Crippen LogP contribution < -0.4 is 10.6 Å². The maximum atomic E-state index is 12.6. The first-order valence-corrected chi connectivity index (χ1v) is 9.46. The lowest BCUT2D eigenvalue weighted by Crippen LogP contribution is -2.36. The van der Waals surface area contributed by atoms with E-state index in [0.29, 0.717) is 29.8 Å². The number of benzene rings is 2. The number of amides is 2. The maximum absolute atomic E-state index is 12.6. The summed E-state index contributed by atoms with van der Waals surface area (Å²) in [5.41, 5.74) is 2.62. The van der Waals surface area contributed by atoms with Crippen molar-refractivity contribution < 1.29 is 19.5 Å². The van der Waals surface area contributed by atoms with Gasteiger partial charge in [-0.2, -0.15) is 0 Å². The predicted octanol–water partition coefficient (Wildman–Crippen LogP) is 4.08. The molecule has 3 rings (SSSR count). The number of carboxylic acid groups (broad SMARTS) is 1. The molecule has 1 fully saturated rings. The van der Waals surface area contributed by atoms with E-state index in [0.717, 1.165) is 18.4 Å². The van der Waals surface area contributed by atoms with Gasteiger partial charge in [-0.25, -0.2) is 0 Å². The number of rotatable bonds is 5. The number of aryl methyl sites for hydroxylation is 1. The van der Waals surface area contributed by atoms with Gasteiger partial charge in [-0.15, -0.1) is 0 Å². The highest BCUT2D eigenvalue weighted by Gasteiger charge is 2.35. The van der Waals surface area contributed by atoms with Crippen molar-refractivity contribution in [1.29, 1.82) is 0 Å². The Morgan fingerprint density at radius 3 is 2.25 bits per heavy atom. The molecule has 0 unspecified atom stereocenters. The van der Waals surface area contributed by atoms with E-state index < -0.39 is 17.8 Å². The molecule has 2 atom stereocenters. The highest BCUT2D eigenvalue weighted by molar-refractivity contribution is 6.05. The van der Waals surface area contributed by atoms with E-state index in [4.69, 9.17) is 0 Å². The van der Waals surface area contributed by atoms with Crippen LogP contribution in [0.5, 0.6) is 0 Å². The Morgan fingerprint density at radius 2 is 1.61 bits per heavy atom. The Morgan fingerprint density at radius 1 is 0.929 bits per heavy atom. The van der Waals surface area contributed by atoms with Gasteiger partial charge in [0.2, 0.25) is 5.91 Å². The van der Waals surface area contributed by atoms with Crippen LogP contribution in [0.25, 0.3) is 0 Å². The second kappa shape index (κ2) is 8.69. The third-order valence-electron chi connectivity index (χ3n) is 5.20. The second-order valence-electron chi connectivity index (χ2n) is 7.17. The van der Waals surface area contributed by atoms with E-state index in [1.54, 1.807) is 42.5 Å². The minimum absolute atomic E-state index is 0.202. The summed E-state index contributed by atoms with van der Waals surface area (Å²) in [6, 6.07) is 14.2. The normalized spacial score (nSPS) is 18.9. The van der Waals surface area contributed by atoms with Gasteiger partial charge in [-0.3, -0.25) is 14.4 Å². The minimum atomic E-state index is -0.907. The molecule has 0 aromatic heterocycles. The third kappa shape index (κ3) is 4.57. The fraction of sp³-hybridized carbons (Fsp3) is 0.318. The van der Waals surface area contributed by atoms with Gasteiger partial charge >= 0.3 is 5.97 Å². The lowest BCUT2D eigenvalue weighted by atomic mass is 9.78. The molecule has 2 aromatic carbocycles. The number of carbonyl (C=O) groups excluding carboxylic acids is 2. The van der Waals surface area contributed by atoms with Crippen LogP contribution in [0.15, 0.2) is 48.5 Å². The molecular weight excluding hydrogens is 356 g/mol. The molecule has 2 amide bonds. The van der Waals surface area contributed by atoms with E-state index in [1.165, 1.54) is 0 Å². The van der Waals surface area contributed by atoms with E-state index in [9.17, 15) is 19.5 Å². The number of hydrogen-bond acceptors (Lipinski definition) is 3. The lowest BCUT2D eigenvalue weighted by molar-refractivity contribution is -0.147. The maximum Gasteiger partial charge on any atom is 0.307 e. The number of nitrogens with one attached hydrogen (secondary N) is 2. The first-order valence-electron chi connectivity index (χ1n) is 9.46. The molecule has 0 bridgehead atoms. The summed E-state index contributed by atoms with van der Waals surface area (Å²) in [4.78, 5) is 36.3. The Bertz CT molecular complexity index is 879. The second-order valence-corrected chi connectivity index (χ2v) is 7.17. The molecule has 6 heteroatoms. The molecule has 28 heavy (non-hydrogen) atoms. The van der Waals surface area contributed by atoms with Crippen molar-refractivity contribution in [2.75, 3.05) is 10.6 Å². The summed E-state index contributed by atoms with van der Waals surface area (Å²) < 4.78 is 0. The van der Waals surface area contributed by atoms with Crippen molar-refractivity contribution in [2.45, 2.75) is 32.6 Å². The van der Waals surface area contributed by atoms with Crippen LogP contribution in [0.2, 0.25) is 0 Å². The van der Waals surface area contributed by atoms with Gasteiger partial charge in [0.25, 0.3) is 5.91 Å². The van der Waals surface area contributed by atoms with Crippen molar-refractivity contribution in [3.8, 4) is 0 Å². The largest absolute Gasteiger partial charge is 0.481 e. The van der Waals surface area contributed by atoms with Crippen LogP contribution in [0.1, 0.15) is 41.6 Å². The van der Waals surface area contributed by atoms with E-state index in [-0.39, 0.29) is 11.8 Å². The predicted molar refractivity (Wildman–Crippen MR) is 107 cm³/mol. The van der Waals surface area contributed by atoms with Crippen LogP contribution in [-0.2, 0) is 9.59 Å². The molecule has 0 radical (unpaired) electrons. The molecule has 6 nitrogen and oxygen atoms in total. The zero-order valence-electron chi connectivity index (χ0n) is 15.8. The van der Waals surface area contributed by atoms with Crippen LogP contribution in [-0.4, -0.2) is 22.9 Å². The summed E-state index contributed by atoms with van der Waals surface area (Å²) in [6.07, 6.45) is 2.84.